The van der Waals surface area contributed by atoms with Crippen molar-refractivity contribution in [1.82, 2.24) is 5.32 Å². The molecule has 0 aromatic heterocycles. The van der Waals surface area contributed by atoms with Gasteiger partial charge >= 0.3 is 0 Å². The summed E-state index contributed by atoms with van der Waals surface area (Å²) in [5.41, 5.74) is 0.948. The predicted octanol–water partition coefficient (Wildman–Crippen LogP) is 2.19. The summed E-state index contributed by atoms with van der Waals surface area (Å²) >= 11 is 0. The third-order valence-electron chi connectivity index (χ3n) is 3.35. The van der Waals surface area contributed by atoms with Gasteiger partial charge in [0, 0.05) is 12.2 Å². The number of nitrogens with zero attached hydrogens (tertiary/aromatic N) is 1. The van der Waals surface area contributed by atoms with E-state index in [1.165, 1.54) is 0 Å². The fourth-order valence-electron chi connectivity index (χ4n) is 2.29. The standard InChI is InChI=1S/C15H22N2O2/c1-3-19-14-8-6-13(7-9-14)17-11-5-4-10-16-12(2)15(17)18/h6-9,12,16H,3-5,10-11H2,1-2H3. The van der Waals surface area contributed by atoms with E-state index >= 15 is 0 Å². The van der Waals surface area contributed by atoms with Crippen molar-refractivity contribution in [1.29, 1.82) is 0 Å². The quantitative estimate of drug-likeness (QED) is 0.908. The summed E-state index contributed by atoms with van der Waals surface area (Å²) in [6.45, 7) is 6.25. The highest BCUT2D eigenvalue weighted by Crippen LogP contribution is 2.21. The molecule has 1 unspecified atom stereocenters. The molecule has 4 nitrogen and oxygen atoms in total. The number of anilines is 1. The summed E-state index contributed by atoms with van der Waals surface area (Å²) in [7, 11) is 0. The monoisotopic (exact) mass is 262 g/mol. The van der Waals surface area contributed by atoms with Gasteiger partial charge in [0.15, 0.2) is 0 Å². The molecule has 1 amide bonds. The summed E-state index contributed by atoms with van der Waals surface area (Å²) in [5, 5.41) is 3.25. The lowest BCUT2D eigenvalue weighted by molar-refractivity contribution is -0.120. The van der Waals surface area contributed by atoms with Crippen LogP contribution in [0, 0.1) is 0 Å². The van der Waals surface area contributed by atoms with Gasteiger partial charge in [-0.25, -0.2) is 0 Å². The molecule has 1 atom stereocenters. The molecule has 0 bridgehead atoms. The number of ether oxygens (including phenoxy) is 1. The van der Waals surface area contributed by atoms with Crippen LogP contribution in [0.1, 0.15) is 26.7 Å². The summed E-state index contributed by atoms with van der Waals surface area (Å²) in [4.78, 5) is 14.2. The van der Waals surface area contributed by atoms with Gasteiger partial charge in [0.1, 0.15) is 5.75 Å². The van der Waals surface area contributed by atoms with E-state index in [-0.39, 0.29) is 11.9 Å². The predicted molar refractivity (Wildman–Crippen MR) is 76.7 cm³/mol. The van der Waals surface area contributed by atoms with Crippen LogP contribution in [-0.2, 0) is 4.79 Å². The van der Waals surface area contributed by atoms with Gasteiger partial charge in [0.25, 0.3) is 0 Å². The molecule has 2 rings (SSSR count). The highest BCUT2D eigenvalue weighted by atomic mass is 16.5. The zero-order valence-electron chi connectivity index (χ0n) is 11.7. The average molecular weight is 262 g/mol. The average Bonchev–Trinajstić information content (AvgIpc) is 2.42. The first-order valence-corrected chi connectivity index (χ1v) is 7.00. The maximum absolute atomic E-state index is 12.3. The van der Waals surface area contributed by atoms with Crippen molar-refractivity contribution < 1.29 is 9.53 Å². The lowest BCUT2D eigenvalue weighted by Crippen LogP contribution is -2.47. The van der Waals surface area contributed by atoms with Crippen molar-refractivity contribution in [2.75, 3.05) is 24.6 Å². The van der Waals surface area contributed by atoms with Crippen molar-refractivity contribution in [2.45, 2.75) is 32.7 Å². The molecule has 1 saturated heterocycles. The number of hydrogen-bond donors (Lipinski definition) is 1. The number of rotatable bonds is 3. The molecule has 1 aliphatic rings. The molecule has 104 valence electrons. The lowest BCUT2D eigenvalue weighted by Gasteiger charge is -2.29. The van der Waals surface area contributed by atoms with E-state index in [1.54, 1.807) is 0 Å². The second-order valence-corrected chi connectivity index (χ2v) is 4.80. The number of carbonyl (C=O) groups is 1. The Bertz CT molecular complexity index is 417. The number of amides is 1. The molecule has 0 spiro atoms. The normalized spacial score (nSPS) is 20.8. The smallest absolute Gasteiger partial charge is 0.243 e. The van der Waals surface area contributed by atoms with Gasteiger partial charge < -0.3 is 15.0 Å². The van der Waals surface area contributed by atoms with Crippen LogP contribution in [-0.4, -0.2) is 31.6 Å². The van der Waals surface area contributed by atoms with Crippen LogP contribution in [0.2, 0.25) is 0 Å². The Kier molecular flexibility index (Phi) is 4.80. The second-order valence-electron chi connectivity index (χ2n) is 4.80. The molecule has 1 heterocycles. The van der Waals surface area contributed by atoms with Crippen molar-refractivity contribution in [3.63, 3.8) is 0 Å². The molecule has 1 aromatic carbocycles. The summed E-state index contributed by atoms with van der Waals surface area (Å²) in [6.07, 6.45) is 2.13. The van der Waals surface area contributed by atoms with E-state index in [1.807, 2.05) is 43.0 Å². The van der Waals surface area contributed by atoms with Gasteiger partial charge in [-0.3, -0.25) is 4.79 Å². The van der Waals surface area contributed by atoms with E-state index in [2.05, 4.69) is 5.32 Å². The van der Waals surface area contributed by atoms with Gasteiger partial charge in [0.05, 0.1) is 12.6 Å². The highest BCUT2D eigenvalue weighted by molar-refractivity contribution is 5.97. The topological polar surface area (TPSA) is 41.6 Å². The molecule has 1 N–H and O–H groups in total. The van der Waals surface area contributed by atoms with Crippen LogP contribution in [0.25, 0.3) is 0 Å². The molecule has 0 saturated carbocycles. The van der Waals surface area contributed by atoms with Gasteiger partial charge in [-0.1, -0.05) is 0 Å². The Morgan fingerprint density at radius 1 is 1.32 bits per heavy atom. The first-order valence-electron chi connectivity index (χ1n) is 7.00. The Balaban J connectivity index is 2.14. The minimum absolute atomic E-state index is 0.119. The highest BCUT2D eigenvalue weighted by Gasteiger charge is 2.22. The Labute approximate surface area is 114 Å². The zero-order valence-corrected chi connectivity index (χ0v) is 11.7. The molecule has 0 aliphatic carbocycles. The van der Waals surface area contributed by atoms with Gasteiger partial charge in [0.2, 0.25) is 5.91 Å². The van der Waals surface area contributed by atoms with E-state index in [0.29, 0.717) is 6.61 Å². The molecule has 19 heavy (non-hydrogen) atoms. The molecule has 1 fully saturated rings. The van der Waals surface area contributed by atoms with Crippen molar-refractivity contribution in [3.8, 4) is 5.75 Å². The fourth-order valence-corrected chi connectivity index (χ4v) is 2.29. The Morgan fingerprint density at radius 2 is 2.05 bits per heavy atom. The SMILES string of the molecule is CCOc1ccc(N2CCCCNC(C)C2=O)cc1. The minimum Gasteiger partial charge on any atom is -0.494 e. The number of hydrogen-bond acceptors (Lipinski definition) is 3. The number of nitrogens with one attached hydrogen (secondary N) is 1. The van der Waals surface area contributed by atoms with Crippen LogP contribution in [0.15, 0.2) is 24.3 Å². The van der Waals surface area contributed by atoms with E-state index in [9.17, 15) is 4.79 Å². The zero-order chi connectivity index (χ0) is 13.7. The van der Waals surface area contributed by atoms with Crippen molar-refractivity contribution >= 4 is 11.6 Å². The second kappa shape index (κ2) is 6.57. The number of benzene rings is 1. The summed E-state index contributed by atoms with van der Waals surface area (Å²) in [6, 6.07) is 7.63. The number of carbonyl (C=O) groups excluding carboxylic acids is 1. The minimum atomic E-state index is -0.119. The largest absolute Gasteiger partial charge is 0.494 e. The molecule has 1 aromatic rings. The molecule has 1 aliphatic heterocycles. The third-order valence-corrected chi connectivity index (χ3v) is 3.35. The molecular weight excluding hydrogens is 240 g/mol. The van der Waals surface area contributed by atoms with Gasteiger partial charge in [-0.05, 0) is 57.5 Å². The van der Waals surface area contributed by atoms with Gasteiger partial charge in [-0.2, -0.15) is 0 Å². The maximum Gasteiger partial charge on any atom is 0.243 e. The third kappa shape index (κ3) is 3.47. The van der Waals surface area contributed by atoms with Crippen LogP contribution < -0.4 is 15.0 Å². The van der Waals surface area contributed by atoms with Crippen molar-refractivity contribution in [2.24, 2.45) is 0 Å². The Hall–Kier alpha value is -1.55. The van der Waals surface area contributed by atoms with Crippen molar-refractivity contribution in [3.05, 3.63) is 24.3 Å². The summed E-state index contributed by atoms with van der Waals surface area (Å²) in [5.74, 6) is 0.987. The first kappa shape index (κ1) is 13.9. The molecular formula is C15H22N2O2. The molecule has 0 radical (unpaired) electrons. The van der Waals surface area contributed by atoms with Gasteiger partial charge in [-0.15, -0.1) is 0 Å². The van der Waals surface area contributed by atoms with Crippen LogP contribution in [0.5, 0.6) is 5.75 Å². The van der Waals surface area contributed by atoms with E-state index in [4.69, 9.17) is 4.74 Å². The van der Waals surface area contributed by atoms with Crippen LogP contribution in [0.3, 0.4) is 0 Å². The van der Waals surface area contributed by atoms with Crippen LogP contribution in [0.4, 0.5) is 5.69 Å². The maximum atomic E-state index is 12.3. The first-order chi connectivity index (χ1) is 9.22. The molecule has 4 heteroatoms. The fraction of sp³-hybridized carbons (Fsp3) is 0.533. The van der Waals surface area contributed by atoms with E-state index < -0.39 is 0 Å². The lowest BCUT2D eigenvalue weighted by atomic mass is 10.1. The Morgan fingerprint density at radius 3 is 2.74 bits per heavy atom. The van der Waals surface area contributed by atoms with Crippen LogP contribution >= 0.6 is 0 Å². The summed E-state index contributed by atoms with van der Waals surface area (Å²) < 4.78 is 5.43. The van der Waals surface area contributed by atoms with E-state index in [0.717, 1.165) is 37.4 Å².